The molecule has 242 valence electrons. The van der Waals surface area contributed by atoms with Gasteiger partial charge in [-0.2, -0.15) is 6.07 Å². The second-order valence-corrected chi connectivity index (χ2v) is 13.4. The first-order chi connectivity index (χ1) is 24.2. The molecular weight excluding hydrogens is 760 g/mol. The third-order valence-electron chi connectivity index (χ3n) is 9.13. The van der Waals surface area contributed by atoms with Crippen molar-refractivity contribution in [3.05, 3.63) is 118 Å². The first-order valence-corrected chi connectivity index (χ1v) is 16.1. The van der Waals surface area contributed by atoms with Gasteiger partial charge in [0.15, 0.2) is 0 Å². The summed E-state index contributed by atoms with van der Waals surface area (Å²) < 4.78 is 48.1. The molecule has 0 saturated heterocycles. The summed E-state index contributed by atoms with van der Waals surface area (Å²) >= 11 is 0. The molecule has 5 aromatic rings. The summed E-state index contributed by atoms with van der Waals surface area (Å²) in [5.74, 6) is 2.87. The van der Waals surface area contributed by atoms with E-state index in [0.717, 1.165) is 84.0 Å². The zero-order valence-corrected chi connectivity index (χ0v) is 30.1. The van der Waals surface area contributed by atoms with Gasteiger partial charge in [-0.3, -0.25) is 0 Å². The number of aromatic nitrogens is 2. The summed E-state index contributed by atoms with van der Waals surface area (Å²) in [6.07, 6.45) is 7.33. The molecule has 0 bridgehead atoms. The maximum atomic E-state index is 8.53. The van der Waals surface area contributed by atoms with Crippen molar-refractivity contribution in [2.75, 3.05) is 22.9 Å². The summed E-state index contributed by atoms with van der Waals surface area (Å²) in [4.78, 5) is 14.0. The van der Waals surface area contributed by atoms with Crippen LogP contribution in [0.25, 0.3) is 11.1 Å². The molecule has 0 fully saturated rings. The first kappa shape index (κ1) is 27.0. The van der Waals surface area contributed by atoms with Crippen LogP contribution >= 0.6 is 0 Å². The smallest absolute Gasteiger partial charge is 0.509 e. The van der Waals surface area contributed by atoms with E-state index in [1.807, 2.05) is 32.2 Å². The van der Waals surface area contributed by atoms with Crippen molar-refractivity contribution >= 4 is 23.0 Å². The molecule has 0 amide bonds. The number of rotatable bonds is 5. The molecule has 0 spiro atoms. The van der Waals surface area contributed by atoms with E-state index in [1.54, 1.807) is 6.20 Å². The molecule has 3 aromatic carbocycles. The minimum Gasteiger partial charge on any atom is -0.509 e. The monoisotopic (exact) mass is 806 g/mol. The summed E-state index contributed by atoms with van der Waals surface area (Å²) in [6, 6.07) is 15.9. The Morgan fingerprint density at radius 2 is 1.57 bits per heavy atom. The molecule has 0 saturated carbocycles. The fourth-order valence-corrected chi connectivity index (χ4v) is 6.67. The van der Waals surface area contributed by atoms with Crippen LogP contribution in [0.5, 0.6) is 11.5 Å². The predicted octanol–water partition coefficient (Wildman–Crippen LogP) is 9.93. The number of nitrogens with zero attached hydrogens (tertiary/aromatic N) is 4. The molecule has 6 heteroatoms. The van der Waals surface area contributed by atoms with E-state index >= 15 is 0 Å². The normalized spacial score (nSPS) is 15.7. The van der Waals surface area contributed by atoms with Crippen molar-refractivity contribution in [3.8, 4) is 22.6 Å². The molecule has 2 aliphatic rings. The van der Waals surface area contributed by atoms with Gasteiger partial charge in [-0.25, -0.2) is 9.97 Å². The van der Waals surface area contributed by atoms with E-state index in [0.29, 0.717) is 17.1 Å². The summed E-state index contributed by atoms with van der Waals surface area (Å²) in [5, 5.41) is 0. The quantitative estimate of drug-likeness (QED) is 0.166. The first-order valence-electron chi connectivity index (χ1n) is 18.6. The van der Waals surface area contributed by atoms with E-state index in [1.165, 1.54) is 11.1 Å². The van der Waals surface area contributed by atoms with Gasteiger partial charge in [0.25, 0.3) is 0 Å². The number of aryl methyl sites for hydroxylation is 2. The molecule has 47 heavy (non-hydrogen) atoms. The molecule has 2 aliphatic heterocycles. The Hall–Kier alpha value is -3.95. The fraction of sp³-hybridized carbons (Fsp3) is 0.317. The standard InChI is InChI=1S/C41H42N4O.Pt/c1-27-18-19-42-39(22-27)44-20-11-15-34-36(41(4,5)6)23-33(25-38(34)44)46-32-17-16-31-14-10-21-45(37(31)24-32)40-29(3)28(2)35(26-43-40)30-12-8-7-9-13-30;/h7-9,12-13,16-19,22-23,26H,10-11,14-15,20-21H2,1-6H3;/q-2;+2/i7D,8D,9D,12D,13D;. The van der Waals surface area contributed by atoms with Crippen LogP contribution in [0.3, 0.4) is 0 Å². The predicted molar refractivity (Wildman–Crippen MR) is 188 cm³/mol. The average molecular weight is 807 g/mol. The van der Waals surface area contributed by atoms with Crippen LogP contribution in [0.2, 0.25) is 0 Å². The van der Waals surface area contributed by atoms with Gasteiger partial charge in [-0.1, -0.05) is 75.2 Å². The number of ether oxygens (including phenoxy) is 1. The number of pyridine rings is 2. The van der Waals surface area contributed by atoms with Gasteiger partial charge in [0.1, 0.15) is 11.6 Å². The van der Waals surface area contributed by atoms with Gasteiger partial charge in [0.2, 0.25) is 0 Å². The Balaban J connectivity index is 0.00000464. The Labute approximate surface area is 301 Å². The number of hydrogen-bond acceptors (Lipinski definition) is 5. The molecule has 2 aromatic heterocycles. The molecule has 7 rings (SSSR count). The maximum Gasteiger partial charge on any atom is 2.00 e. The van der Waals surface area contributed by atoms with Crippen molar-refractivity contribution in [2.45, 2.75) is 72.6 Å². The topological polar surface area (TPSA) is 41.5 Å². The molecule has 0 aliphatic carbocycles. The Bertz CT molecular complexity index is 2170. The van der Waals surface area contributed by atoms with Gasteiger partial charge in [0, 0.05) is 42.5 Å². The summed E-state index contributed by atoms with van der Waals surface area (Å²) in [5.41, 5.74) is 8.98. The van der Waals surface area contributed by atoms with Gasteiger partial charge < -0.3 is 14.5 Å². The maximum absolute atomic E-state index is 8.53. The van der Waals surface area contributed by atoms with Crippen LogP contribution < -0.4 is 14.5 Å². The summed E-state index contributed by atoms with van der Waals surface area (Å²) in [6.45, 7) is 14.3. The number of anilines is 4. The van der Waals surface area contributed by atoms with E-state index in [9.17, 15) is 0 Å². The van der Waals surface area contributed by atoms with Gasteiger partial charge in [-0.05, 0) is 73.4 Å². The minimum atomic E-state index is -0.408. The SMILES string of the molecule is [2H]c1c([2H])c([2H])c(-c2cnc(N3CCCc4ccc(Oc5[c-]c6c(c(C(C)(C)C)c5)CCCN6c5cc(C)ccn5)[c-]c43)c(C)c2C)c([2H])c1[2H].[Pt+2]. The van der Waals surface area contributed by atoms with E-state index in [2.05, 4.69) is 67.8 Å². The number of hydrogen-bond donors (Lipinski definition) is 0. The summed E-state index contributed by atoms with van der Waals surface area (Å²) in [7, 11) is 0. The molecule has 4 heterocycles. The van der Waals surface area contributed by atoms with Crippen LogP contribution in [-0.2, 0) is 39.3 Å². The third-order valence-corrected chi connectivity index (χ3v) is 9.13. The zero-order valence-electron chi connectivity index (χ0n) is 32.8. The molecule has 0 unspecified atom stereocenters. The molecular formula is C41H42N4OPt. The Kier molecular flexibility index (Phi) is 7.64. The van der Waals surface area contributed by atoms with Crippen LogP contribution in [0, 0.1) is 32.9 Å². The van der Waals surface area contributed by atoms with Crippen LogP contribution in [0.15, 0.2) is 72.9 Å². The zero-order chi connectivity index (χ0) is 36.4. The molecule has 0 atom stereocenters. The van der Waals surface area contributed by atoms with Gasteiger partial charge in [-0.15, -0.1) is 41.0 Å². The minimum absolute atomic E-state index is 0. The van der Waals surface area contributed by atoms with E-state index in [4.69, 9.17) is 21.6 Å². The van der Waals surface area contributed by atoms with Gasteiger partial charge in [0.05, 0.1) is 6.85 Å². The van der Waals surface area contributed by atoms with E-state index < -0.39 is 6.04 Å². The molecule has 5 nitrogen and oxygen atoms in total. The largest absolute Gasteiger partial charge is 2.00 e. The van der Waals surface area contributed by atoms with Crippen molar-refractivity contribution in [2.24, 2.45) is 0 Å². The molecule has 0 radical (unpaired) electrons. The number of fused-ring (bicyclic) bond motifs is 2. The van der Waals surface area contributed by atoms with Crippen molar-refractivity contribution in [1.29, 1.82) is 0 Å². The van der Waals surface area contributed by atoms with Gasteiger partial charge >= 0.3 is 21.1 Å². The molecule has 0 N–H and O–H groups in total. The van der Waals surface area contributed by atoms with Crippen LogP contribution in [-0.4, -0.2) is 23.1 Å². The number of benzene rings is 3. The second-order valence-electron chi connectivity index (χ2n) is 13.4. The Morgan fingerprint density at radius 3 is 2.34 bits per heavy atom. The van der Waals surface area contributed by atoms with Crippen LogP contribution in [0.4, 0.5) is 23.0 Å². The van der Waals surface area contributed by atoms with Crippen molar-refractivity contribution in [3.63, 3.8) is 0 Å². The third kappa shape index (κ3) is 6.48. The van der Waals surface area contributed by atoms with Crippen LogP contribution in [0.1, 0.15) is 73.8 Å². The van der Waals surface area contributed by atoms with Crippen molar-refractivity contribution < 1.29 is 32.7 Å². The average Bonchev–Trinajstić information content (AvgIpc) is 3.10. The van der Waals surface area contributed by atoms with E-state index in [-0.39, 0.29) is 56.2 Å². The Morgan fingerprint density at radius 1 is 0.830 bits per heavy atom. The fourth-order valence-electron chi connectivity index (χ4n) is 6.67. The second kappa shape index (κ2) is 13.3. The van der Waals surface area contributed by atoms with Crippen molar-refractivity contribution in [1.82, 2.24) is 9.97 Å².